The average molecular weight is 431 g/mol. The van der Waals surface area contributed by atoms with Crippen LogP contribution in [0.1, 0.15) is 11.1 Å². The van der Waals surface area contributed by atoms with Crippen LogP contribution < -0.4 is 10.2 Å². The van der Waals surface area contributed by atoms with Crippen molar-refractivity contribution in [2.45, 2.75) is 12.4 Å². The normalized spacial score (nSPS) is 11.7. The Kier molecular flexibility index (Phi) is 6.67. The van der Waals surface area contributed by atoms with Gasteiger partial charge in [0.25, 0.3) is 5.91 Å². The summed E-state index contributed by atoms with van der Waals surface area (Å²) >= 11 is 0. The Morgan fingerprint density at radius 2 is 2.00 bits per heavy atom. The van der Waals surface area contributed by atoms with E-state index in [1.54, 1.807) is 36.4 Å². The van der Waals surface area contributed by atoms with Crippen LogP contribution in [0.5, 0.6) is 0 Å². The zero-order valence-corrected chi connectivity index (χ0v) is 16.4. The molecule has 11 heteroatoms. The second kappa shape index (κ2) is 9.39. The molecule has 0 saturated heterocycles. The molecule has 3 N–H and O–H groups in total. The van der Waals surface area contributed by atoms with E-state index in [0.717, 1.165) is 10.8 Å². The van der Waals surface area contributed by atoms with Crippen molar-refractivity contribution in [2.75, 3.05) is 0 Å². The van der Waals surface area contributed by atoms with E-state index in [1.807, 2.05) is 0 Å². The molecule has 0 bridgehead atoms. The van der Waals surface area contributed by atoms with Crippen LogP contribution in [0.4, 0.5) is 4.39 Å². The van der Waals surface area contributed by atoms with Gasteiger partial charge in [-0.15, -0.1) is 5.10 Å². The summed E-state index contributed by atoms with van der Waals surface area (Å²) in [5.74, 6) is -1.63. The van der Waals surface area contributed by atoms with E-state index in [-0.39, 0.29) is 17.8 Å². The third kappa shape index (κ3) is 5.80. The zero-order chi connectivity index (χ0) is 21.6. The molecule has 0 atom stereocenters. The van der Waals surface area contributed by atoms with Crippen molar-refractivity contribution in [2.24, 2.45) is 0 Å². The van der Waals surface area contributed by atoms with Gasteiger partial charge in [0.1, 0.15) is 11.5 Å². The van der Waals surface area contributed by atoms with E-state index >= 15 is 0 Å². The van der Waals surface area contributed by atoms with E-state index in [0.29, 0.717) is 11.1 Å². The number of hydrogen-bond donors (Lipinski definition) is 3. The van der Waals surface area contributed by atoms with Crippen LogP contribution in [0.15, 0.2) is 60.8 Å². The first-order chi connectivity index (χ1) is 14.4. The largest absolute Gasteiger partial charge is 0.288 e. The van der Waals surface area contributed by atoms with E-state index < -0.39 is 27.6 Å². The monoisotopic (exact) mass is 431 g/mol. The molecular formula is C19H18FN5O4S. The molecule has 30 heavy (non-hydrogen) atoms. The van der Waals surface area contributed by atoms with Gasteiger partial charge in [-0.1, -0.05) is 41.6 Å². The highest BCUT2D eigenvalue weighted by atomic mass is 32.2. The van der Waals surface area contributed by atoms with Crippen LogP contribution in [0.3, 0.4) is 0 Å². The molecule has 1 aromatic heterocycles. The summed E-state index contributed by atoms with van der Waals surface area (Å²) in [7, 11) is -3.75. The summed E-state index contributed by atoms with van der Waals surface area (Å²) in [5, 5.41) is 16.1. The fourth-order valence-corrected chi connectivity index (χ4v) is 3.54. The third-order valence-electron chi connectivity index (χ3n) is 3.98. The van der Waals surface area contributed by atoms with Crippen molar-refractivity contribution in [3.8, 4) is 11.3 Å². The van der Waals surface area contributed by atoms with Gasteiger partial charge in [0.2, 0.25) is 10.0 Å². The molecule has 0 unspecified atom stereocenters. The molecule has 1 heterocycles. The van der Waals surface area contributed by atoms with E-state index in [1.165, 1.54) is 29.9 Å². The lowest BCUT2D eigenvalue weighted by atomic mass is 10.1. The van der Waals surface area contributed by atoms with E-state index in [4.69, 9.17) is 5.21 Å². The predicted molar refractivity (Wildman–Crippen MR) is 107 cm³/mol. The van der Waals surface area contributed by atoms with Crippen LogP contribution in [-0.2, 0) is 27.2 Å². The Labute approximate surface area is 171 Å². The maximum absolute atomic E-state index is 13.8. The first kappa shape index (κ1) is 21.3. The Hall–Kier alpha value is -3.41. The number of hydrogen-bond acceptors (Lipinski definition) is 6. The molecule has 0 saturated carbocycles. The lowest BCUT2D eigenvalue weighted by molar-refractivity contribution is -0.124. The molecule has 2 aromatic carbocycles. The number of amides is 1. The molecular weight excluding hydrogens is 413 g/mol. The Morgan fingerprint density at radius 3 is 2.77 bits per heavy atom. The maximum Gasteiger partial charge on any atom is 0.267 e. The lowest BCUT2D eigenvalue weighted by Crippen LogP contribution is -2.27. The third-order valence-corrected chi connectivity index (χ3v) is 5.16. The van der Waals surface area contributed by atoms with Crippen molar-refractivity contribution in [1.29, 1.82) is 0 Å². The molecule has 0 aliphatic rings. The van der Waals surface area contributed by atoms with Crippen LogP contribution in [0.25, 0.3) is 17.3 Å². The molecule has 0 aliphatic heterocycles. The van der Waals surface area contributed by atoms with E-state index in [2.05, 4.69) is 15.0 Å². The highest BCUT2D eigenvalue weighted by Crippen LogP contribution is 2.19. The molecule has 3 rings (SSSR count). The number of hydroxylamine groups is 1. The molecule has 0 fully saturated rings. The van der Waals surface area contributed by atoms with Crippen molar-refractivity contribution in [3.05, 3.63) is 77.7 Å². The Morgan fingerprint density at radius 1 is 1.20 bits per heavy atom. The predicted octanol–water partition coefficient (Wildman–Crippen LogP) is 1.68. The standard InChI is InChI=1S/C19H18FN5O4S/c20-17-7-2-1-6-16(17)18-12-25(24-22-18)13-30(28,29)21-11-15-5-3-4-14(10-15)8-9-19(26)23-27/h1-10,12,21,27H,11,13H2,(H,23,26). The smallest absolute Gasteiger partial charge is 0.267 e. The van der Waals surface area contributed by atoms with Crippen molar-refractivity contribution >= 4 is 22.0 Å². The van der Waals surface area contributed by atoms with Gasteiger partial charge in [-0.3, -0.25) is 10.0 Å². The number of nitrogens with zero attached hydrogens (tertiary/aromatic N) is 3. The fraction of sp³-hybridized carbons (Fsp3) is 0.105. The molecule has 0 aliphatic carbocycles. The fourth-order valence-electron chi connectivity index (χ4n) is 2.58. The van der Waals surface area contributed by atoms with Crippen molar-refractivity contribution < 1.29 is 22.8 Å². The second-order valence-electron chi connectivity index (χ2n) is 6.24. The van der Waals surface area contributed by atoms with E-state index in [9.17, 15) is 17.6 Å². The van der Waals surface area contributed by atoms with Crippen LogP contribution in [-0.4, -0.2) is 34.5 Å². The molecule has 3 aromatic rings. The first-order valence-electron chi connectivity index (χ1n) is 8.70. The molecule has 156 valence electrons. The van der Waals surface area contributed by atoms with Gasteiger partial charge in [0, 0.05) is 18.2 Å². The van der Waals surface area contributed by atoms with Gasteiger partial charge in [0.05, 0.1) is 6.20 Å². The number of sulfonamides is 1. The summed E-state index contributed by atoms with van der Waals surface area (Å²) in [6.45, 7) is 0.0189. The number of benzene rings is 2. The summed E-state index contributed by atoms with van der Waals surface area (Å²) in [6, 6.07) is 12.8. The summed E-state index contributed by atoms with van der Waals surface area (Å²) in [6.07, 6.45) is 3.97. The first-order valence-corrected chi connectivity index (χ1v) is 10.3. The van der Waals surface area contributed by atoms with Gasteiger partial charge < -0.3 is 0 Å². The van der Waals surface area contributed by atoms with Crippen molar-refractivity contribution in [1.82, 2.24) is 25.2 Å². The second-order valence-corrected chi connectivity index (χ2v) is 8.02. The van der Waals surface area contributed by atoms with Crippen molar-refractivity contribution in [3.63, 3.8) is 0 Å². The zero-order valence-electron chi connectivity index (χ0n) is 15.6. The van der Waals surface area contributed by atoms with Gasteiger partial charge in [-0.05, 0) is 29.3 Å². The SMILES string of the molecule is O=C(C=Cc1cccc(CNS(=O)(=O)Cn2cc(-c3ccccc3F)nn2)c1)NO. The topological polar surface area (TPSA) is 126 Å². The minimum atomic E-state index is -3.75. The number of nitrogens with one attached hydrogen (secondary N) is 2. The van der Waals surface area contributed by atoms with Gasteiger partial charge in [-0.25, -0.2) is 27.7 Å². The Bertz CT molecular complexity index is 1180. The minimum absolute atomic E-state index is 0.0189. The lowest BCUT2D eigenvalue weighted by Gasteiger charge is -2.07. The average Bonchev–Trinajstić information content (AvgIpc) is 3.18. The molecule has 1 amide bonds. The quantitative estimate of drug-likeness (QED) is 0.283. The maximum atomic E-state index is 13.8. The molecule has 9 nitrogen and oxygen atoms in total. The van der Waals surface area contributed by atoms with Crippen LogP contribution >= 0.6 is 0 Å². The van der Waals surface area contributed by atoms with Gasteiger partial charge in [-0.2, -0.15) is 0 Å². The van der Waals surface area contributed by atoms with Crippen LogP contribution in [0.2, 0.25) is 0 Å². The highest BCUT2D eigenvalue weighted by Gasteiger charge is 2.15. The molecule has 0 radical (unpaired) electrons. The molecule has 0 spiro atoms. The summed E-state index contributed by atoms with van der Waals surface area (Å²) < 4.78 is 42.1. The van der Waals surface area contributed by atoms with Crippen LogP contribution in [0, 0.1) is 5.82 Å². The van der Waals surface area contributed by atoms with Gasteiger partial charge >= 0.3 is 0 Å². The number of aromatic nitrogens is 3. The summed E-state index contributed by atoms with van der Waals surface area (Å²) in [5.41, 5.74) is 3.26. The number of carbonyl (C=O) groups is 1. The van der Waals surface area contributed by atoms with Gasteiger partial charge in [0.15, 0.2) is 5.88 Å². The Balaban J connectivity index is 1.63. The minimum Gasteiger partial charge on any atom is -0.288 e. The highest BCUT2D eigenvalue weighted by molar-refractivity contribution is 7.88. The number of carbonyl (C=O) groups excluding carboxylic acids is 1. The number of halogens is 1. The number of rotatable bonds is 8. The summed E-state index contributed by atoms with van der Waals surface area (Å²) in [4.78, 5) is 11.0.